The van der Waals surface area contributed by atoms with Crippen LogP contribution >= 0.6 is 12.2 Å². The van der Waals surface area contributed by atoms with Crippen LogP contribution in [0.4, 0.5) is 0 Å². The summed E-state index contributed by atoms with van der Waals surface area (Å²) in [5.41, 5.74) is 2.24. The Labute approximate surface area is 134 Å². The van der Waals surface area contributed by atoms with Gasteiger partial charge in [-0.2, -0.15) is 0 Å². The van der Waals surface area contributed by atoms with Crippen molar-refractivity contribution in [3.63, 3.8) is 0 Å². The third-order valence-corrected chi connectivity index (χ3v) is 4.00. The molecule has 2 aromatic rings. The smallest absolute Gasteiger partial charge is 0.337 e. The summed E-state index contributed by atoms with van der Waals surface area (Å²) >= 11 is 5.22. The van der Waals surface area contributed by atoms with Gasteiger partial charge in [-0.25, -0.2) is 4.79 Å². The van der Waals surface area contributed by atoms with Crippen LogP contribution < -0.4 is 10.6 Å². The fourth-order valence-corrected chi connectivity index (χ4v) is 2.98. The number of allylic oxidation sites excluding steroid dienone is 1. The van der Waals surface area contributed by atoms with Gasteiger partial charge in [-0.15, -0.1) is 0 Å². The summed E-state index contributed by atoms with van der Waals surface area (Å²) in [4.78, 5) is 12.1. The van der Waals surface area contributed by atoms with E-state index < -0.39 is 0 Å². The molecule has 1 aliphatic rings. The molecule has 2 N–H and O–H groups in total. The van der Waals surface area contributed by atoms with Crippen LogP contribution in [0.15, 0.2) is 53.7 Å². The predicted octanol–water partition coefficient (Wildman–Crippen LogP) is 2.81. The van der Waals surface area contributed by atoms with Crippen molar-refractivity contribution in [3.05, 3.63) is 59.3 Å². The van der Waals surface area contributed by atoms with Gasteiger partial charge in [0.05, 0.1) is 18.7 Å². The van der Waals surface area contributed by atoms with Gasteiger partial charge in [-0.1, -0.05) is 36.4 Å². The maximum Gasteiger partial charge on any atom is 0.337 e. The zero-order valence-corrected chi connectivity index (χ0v) is 13.2. The highest BCUT2D eigenvalue weighted by atomic mass is 32.1. The van der Waals surface area contributed by atoms with E-state index in [1.54, 1.807) is 0 Å². The van der Waals surface area contributed by atoms with Gasteiger partial charge in [-0.3, -0.25) is 0 Å². The van der Waals surface area contributed by atoms with Crippen molar-refractivity contribution in [1.29, 1.82) is 0 Å². The van der Waals surface area contributed by atoms with Gasteiger partial charge < -0.3 is 15.4 Å². The second-order valence-electron chi connectivity index (χ2n) is 5.17. The highest BCUT2D eigenvalue weighted by molar-refractivity contribution is 7.80. The number of ether oxygens (including phenoxy) is 1. The van der Waals surface area contributed by atoms with Crippen molar-refractivity contribution in [2.24, 2.45) is 0 Å². The van der Waals surface area contributed by atoms with Crippen LogP contribution in [0.2, 0.25) is 0 Å². The zero-order chi connectivity index (χ0) is 15.7. The molecule has 0 saturated heterocycles. The van der Waals surface area contributed by atoms with E-state index in [0.717, 1.165) is 16.3 Å². The van der Waals surface area contributed by atoms with Crippen molar-refractivity contribution in [2.45, 2.75) is 13.0 Å². The van der Waals surface area contributed by atoms with Crippen molar-refractivity contribution >= 4 is 34.1 Å². The molecule has 0 aliphatic carbocycles. The summed E-state index contributed by atoms with van der Waals surface area (Å²) in [5.74, 6) is -0.363. The lowest BCUT2D eigenvalue weighted by Gasteiger charge is -2.29. The predicted molar refractivity (Wildman–Crippen MR) is 90.3 cm³/mol. The number of hydrogen-bond acceptors (Lipinski definition) is 3. The number of methoxy groups -OCH3 is 1. The van der Waals surface area contributed by atoms with Crippen LogP contribution in [0.3, 0.4) is 0 Å². The molecule has 2 aromatic carbocycles. The van der Waals surface area contributed by atoms with E-state index in [1.165, 1.54) is 7.11 Å². The number of carbonyl (C=O) groups is 1. The topological polar surface area (TPSA) is 50.4 Å². The fourth-order valence-electron chi connectivity index (χ4n) is 2.71. The van der Waals surface area contributed by atoms with Gasteiger partial charge in [0.15, 0.2) is 5.11 Å². The maximum absolute atomic E-state index is 12.1. The van der Waals surface area contributed by atoms with Gasteiger partial charge in [0.1, 0.15) is 0 Å². The van der Waals surface area contributed by atoms with Crippen LogP contribution in [0.5, 0.6) is 0 Å². The Morgan fingerprint density at radius 3 is 2.64 bits per heavy atom. The normalized spacial score (nSPS) is 17.9. The molecule has 22 heavy (non-hydrogen) atoms. The van der Waals surface area contributed by atoms with Crippen LogP contribution in [0, 0.1) is 0 Å². The third kappa shape index (κ3) is 2.55. The summed E-state index contributed by atoms with van der Waals surface area (Å²) in [6, 6.07) is 13.9. The van der Waals surface area contributed by atoms with Gasteiger partial charge in [0.2, 0.25) is 0 Å². The van der Waals surface area contributed by atoms with E-state index in [1.807, 2.05) is 37.3 Å². The molecule has 0 bridgehead atoms. The van der Waals surface area contributed by atoms with Gasteiger partial charge in [0.25, 0.3) is 0 Å². The molecule has 0 fully saturated rings. The Hall–Kier alpha value is -2.40. The lowest BCUT2D eigenvalue weighted by molar-refractivity contribution is -0.136. The minimum absolute atomic E-state index is 0.314. The first kappa shape index (κ1) is 14.5. The Morgan fingerprint density at radius 1 is 1.18 bits per heavy atom. The monoisotopic (exact) mass is 312 g/mol. The van der Waals surface area contributed by atoms with Gasteiger partial charge >= 0.3 is 5.97 Å². The number of hydrogen-bond donors (Lipinski definition) is 2. The highest BCUT2D eigenvalue weighted by Gasteiger charge is 2.30. The van der Waals surface area contributed by atoms with E-state index in [4.69, 9.17) is 17.0 Å². The number of thiocarbonyl (C=S) groups is 1. The molecule has 0 saturated carbocycles. The van der Waals surface area contributed by atoms with E-state index in [0.29, 0.717) is 16.4 Å². The third-order valence-electron chi connectivity index (χ3n) is 3.78. The molecule has 112 valence electrons. The second-order valence-corrected chi connectivity index (χ2v) is 5.58. The molecular formula is C17H16N2O2S. The van der Waals surface area contributed by atoms with Crippen molar-refractivity contribution in [1.82, 2.24) is 10.6 Å². The number of carbonyl (C=O) groups excluding carboxylic acids is 1. The number of fused-ring (bicyclic) bond motifs is 1. The van der Waals surface area contributed by atoms with Gasteiger partial charge in [-0.05, 0) is 41.5 Å². The molecule has 1 heterocycles. The summed E-state index contributed by atoms with van der Waals surface area (Å²) in [5, 5.41) is 8.91. The van der Waals surface area contributed by atoms with E-state index in [2.05, 4.69) is 22.8 Å². The highest BCUT2D eigenvalue weighted by Crippen LogP contribution is 2.29. The fraction of sp³-hybridized carbons (Fsp3) is 0.176. The largest absolute Gasteiger partial charge is 0.466 e. The van der Waals surface area contributed by atoms with Crippen molar-refractivity contribution < 1.29 is 9.53 Å². The Kier molecular flexibility index (Phi) is 3.81. The standard InChI is InChI=1S/C17H16N2O2S/c1-10-14(16(20)21-2)15(19-17(22)18-10)13-8-7-11-5-3-4-6-12(11)9-13/h3-9,15H,1-2H3,(H2,18,19,22). The lowest BCUT2D eigenvalue weighted by atomic mass is 9.94. The van der Waals surface area contributed by atoms with Crippen LogP contribution in [0.1, 0.15) is 18.5 Å². The molecule has 1 aliphatic heterocycles. The number of benzene rings is 2. The van der Waals surface area contributed by atoms with Crippen LogP contribution in [-0.2, 0) is 9.53 Å². The number of esters is 1. The molecule has 1 unspecified atom stereocenters. The summed E-state index contributed by atoms with van der Waals surface area (Å²) < 4.78 is 4.91. The SMILES string of the molecule is COC(=O)C1=C(C)NC(=S)NC1c1ccc2ccccc2c1. The average Bonchev–Trinajstić information content (AvgIpc) is 2.53. The van der Waals surface area contributed by atoms with E-state index in [-0.39, 0.29) is 12.0 Å². The molecule has 1 atom stereocenters. The molecular weight excluding hydrogens is 296 g/mol. The minimum Gasteiger partial charge on any atom is -0.466 e. The molecule has 0 radical (unpaired) electrons. The van der Waals surface area contributed by atoms with E-state index in [9.17, 15) is 4.79 Å². The minimum atomic E-state index is -0.363. The summed E-state index contributed by atoms with van der Waals surface area (Å²) in [6.07, 6.45) is 0. The first-order chi connectivity index (χ1) is 10.6. The summed E-state index contributed by atoms with van der Waals surface area (Å²) in [7, 11) is 1.38. The van der Waals surface area contributed by atoms with Crippen molar-refractivity contribution in [3.8, 4) is 0 Å². The second kappa shape index (κ2) is 5.77. The maximum atomic E-state index is 12.1. The zero-order valence-electron chi connectivity index (χ0n) is 12.3. The van der Waals surface area contributed by atoms with E-state index >= 15 is 0 Å². The quantitative estimate of drug-likeness (QED) is 0.660. The first-order valence-electron chi connectivity index (χ1n) is 6.95. The molecule has 4 nitrogen and oxygen atoms in total. The summed E-state index contributed by atoms with van der Waals surface area (Å²) in [6.45, 7) is 1.83. The number of rotatable bonds is 2. The lowest BCUT2D eigenvalue weighted by Crippen LogP contribution is -2.45. The molecule has 0 aromatic heterocycles. The van der Waals surface area contributed by atoms with Crippen LogP contribution in [-0.4, -0.2) is 18.2 Å². The molecule has 0 spiro atoms. The molecule has 0 amide bonds. The number of nitrogens with one attached hydrogen (secondary N) is 2. The average molecular weight is 312 g/mol. The van der Waals surface area contributed by atoms with Gasteiger partial charge in [0, 0.05) is 5.70 Å². The van der Waals surface area contributed by atoms with Crippen molar-refractivity contribution in [2.75, 3.05) is 7.11 Å². The Balaban J connectivity index is 2.11. The Morgan fingerprint density at radius 2 is 1.91 bits per heavy atom. The molecule has 3 rings (SSSR count). The first-order valence-corrected chi connectivity index (χ1v) is 7.36. The molecule has 5 heteroatoms. The van der Waals surface area contributed by atoms with Crippen LogP contribution in [0.25, 0.3) is 10.8 Å². The Bertz CT molecular complexity index is 798.